The topological polar surface area (TPSA) is 64.3 Å². The van der Waals surface area contributed by atoms with Crippen LogP contribution in [0.4, 0.5) is 5.13 Å². The number of para-hydroxylation sites is 1. The molecule has 0 radical (unpaired) electrons. The Labute approximate surface area is 222 Å². The first-order valence-corrected chi connectivity index (χ1v) is 13.8. The van der Waals surface area contributed by atoms with Gasteiger partial charge in [0, 0.05) is 42.5 Å². The second-order valence-electron chi connectivity index (χ2n) is 10.0. The summed E-state index contributed by atoms with van der Waals surface area (Å²) in [5, 5.41) is 6.52. The molecule has 1 aromatic carbocycles. The molecule has 2 fully saturated rings. The number of fused-ring (bicyclic) bond motifs is 1. The van der Waals surface area contributed by atoms with E-state index in [0.717, 1.165) is 83.3 Å². The molecular formula is C27H24Cl2N4O2S. The molecule has 4 heterocycles. The molecule has 36 heavy (non-hydrogen) atoms. The van der Waals surface area contributed by atoms with Crippen LogP contribution in [0.2, 0.25) is 10.0 Å². The number of methoxy groups -OCH3 is 1. The largest absolute Gasteiger partial charge is 0.494 e. The summed E-state index contributed by atoms with van der Waals surface area (Å²) in [6, 6.07) is 6.11. The van der Waals surface area contributed by atoms with Gasteiger partial charge in [-0.1, -0.05) is 51.8 Å². The molecule has 184 valence electrons. The van der Waals surface area contributed by atoms with Crippen LogP contribution >= 0.6 is 34.5 Å². The van der Waals surface area contributed by atoms with Crippen molar-refractivity contribution in [3.63, 3.8) is 0 Å². The highest BCUT2D eigenvalue weighted by molar-refractivity contribution is 7.22. The van der Waals surface area contributed by atoms with Gasteiger partial charge in [0.05, 0.1) is 21.9 Å². The molecular weight excluding hydrogens is 515 g/mol. The Morgan fingerprint density at radius 2 is 1.86 bits per heavy atom. The Morgan fingerprint density at radius 1 is 1.11 bits per heavy atom. The van der Waals surface area contributed by atoms with Crippen molar-refractivity contribution in [2.75, 3.05) is 25.1 Å². The van der Waals surface area contributed by atoms with Crippen molar-refractivity contribution in [2.24, 2.45) is 5.41 Å². The van der Waals surface area contributed by atoms with Crippen LogP contribution in [-0.2, 0) is 0 Å². The molecule has 0 N–H and O–H groups in total. The van der Waals surface area contributed by atoms with Crippen LogP contribution in [0.1, 0.15) is 49.3 Å². The first kappa shape index (κ1) is 22.6. The predicted molar refractivity (Wildman–Crippen MR) is 144 cm³/mol. The van der Waals surface area contributed by atoms with Crippen LogP contribution < -0.4 is 9.64 Å². The lowest BCUT2D eigenvalue weighted by molar-refractivity contribution is 0.277. The van der Waals surface area contributed by atoms with E-state index in [-0.39, 0.29) is 5.41 Å². The zero-order chi connectivity index (χ0) is 24.4. The Morgan fingerprint density at radius 3 is 2.56 bits per heavy atom. The number of ether oxygens (including phenoxy) is 1. The second kappa shape index (κ2) is 8.47. The average Bonchev–Trinajstić information content (AvgIpc) is 3.47. The molecule has 1 spiro atoms. The standard InChI is InChI=1S/C27H24Cl2N4O2S/c1-34-19-3-2-4-20-23(19)31-26(36-20)33-9-7-27(8-10-33)11-16(12-27)21-24(32-35-25(21)15-5-6-15)22-17(28)13-30-14-18(22)29/h2-4,11,13-15H,5-10,12H2,1H3. The number of aromatic nitrogens is 3. The van der Waals surface area contributed by atoms with Gasteiger partial charge in [0.2, 0.25) is 0 Å². The third-order valence-electron chi connectivity index (χ3n) is 7.72. The number of piperidine rings is 1. The summed E-state index contributed by atoms with van der Waals surface area (Å²) >= 11 is 14.8. The predicted octanol–water partition coefficient (Wildman–Crippen LogP) is 7.61. The number of halogens is 2. The number of nitrogens with zero attached hydrogens (tertiary/aromatic N) is 4. The molecule has 4 aromatic rings. The number of hydrogen-bond acceptors (Lipinski definition) is 7. The van der Waals surface area contributed by atoms with Gasteiger partial charge < -0.3 is 14.2 Å². The summed E-state index contributed by atoms with van der Waals surface area (Å²) in [5.41, 5.74) is 5.01. The van der Waals surface area contributed by atoms with Crippen LogP contribution in [-0.4, -0.2) is 35.3 Å². The van der Waals surface area contributed by atoms with Crippen LogP contribution in [0.15, 0.2) is 41.2 Å². The summed E-state index contributed by atoms with van der Waals surface area (Å²) in [7, 11) is 1.70. The highest BCUT2D eigenvalue weighted by Crippen LogP contribution is 2.56. The summed E-state index contributed by atoms with van der Waals surface area (Å²) < 4.78 is 12.6. The third-order valence-corrected chi connectivity index (χ3v) is 9.38. The zero-order valence-electron chi connectivity index (χ0n) is 19.8. The highest BCUT2D eigenvalue weighted by atomic mass is 35.5. The van der Waals surface area contributed by atoms with Crippen LogP contribution in [0, 0.1) is 5.41 Å². The molecule has 0 atom stereocenters. The smallest absolute Gasteiger partial charge is 0.186 e. The molecule has 0 amide bonds. The van der Waals surface area contributed by atoms with Gasteiger partial charge in [0.1, 0.15) is 22.7 Å². The van der Waals surface area contributed by atoms with Crippen LogP contribution in [0.3, 0.4) is 0 Å². The fourth-order valence-electron chi connectivity index (χ4n) is 5.60. The van der Waals surface area contributed by atoms with E-state index in [9.17, 15) is 0 Å². The average molecular weight is 539 g/mol. The summed E-state index contributed by atoms with van der Waals surface area (Å²) in [4.78, 5) is 11.4. The number of pyridine rings is 1. The van der Waals surface area contributed by atoms with Gasteiger partial charge in [-0.25, -0.2) is 4.98 Å². The fourth-order valence-corrected chi connectivity index (χ4v) is 7.18. The van der Waals surface area contributed by atoms with Gasteiger partial charge in [-0.15, -0.1) is 0 Å². The van der Waals surface area contributed by atoms with E-state index in [0.29, 0.717) is 21.5 Å². The fraction of sp³-hybridized carbons (Fsp3) is 0.370. The Balaban J connectivity index is 1.15. The van der Waals surface area contributed by atoms with Crippen molar-refractivity contribution in [3.05, 3.63) is 58.0 Å². The zero-order valence-corrected chi connectivity index (χ0v) is 22.1. The van der Waals surface area contributed by atoms with E-state index in [1.165, 1.54) is 5.57 Å². The number of benzene rings is 1. The quantitative estimate of drug-likeness (QED) is 0.260. The molecule has 1 saturated heterocycles. The van der Waals surface area contributed by atoms with E-state index < -0.39 is 0 Å². The highest BCUT2D eigenvalue weighted by Gasteiger charge is 2.44. The van der Waals surface area contributed by atoms with Crippen molar-refractivity contribution < 1.29 is 9.26 Å². The molecule has 2 aliphatic carbocycles. The third kappa shape index (κ3) is 3.63. The van der Waals surface area contributed by atoms with Gasteiger partial charge >= 0.3 is 0 Å². The first-order chi connectivity index (χ1) is 17.5. The van der Waals surface area contributed by atoms with E-state index in [2.05, 4.69) is 27.2 Å². The Hall–Kier alpha value is -2.61. The maximum Gasteiger partial charge on any atom is 0.186 e. The molecule has 0 bridgehead atoms. The molecule has 6 nitrogen and oxygen atoms in total. The SMILES string of the molecule is COc1cccc2sc(N3CCC4(C=C(c5c(-c6c(Cl)cncc6Cl)noc5C5CC5)C4)CC3)nc12. The molecule has 9 heteroatoms. The summed E-state index contributed by atoms with van der Waals surface area (Å²) in [6.07, 6.45) is 11.2. The second-order valence-corrected chi connectivity index (χ2v) is 11.8. The molecule has 3 aromatic heterocycles. The normalized spacial score (nSPS) is 19.0. The summed E-state index contributed by atoms with van der Waals surface area (Å²) in [6.45, 7) is 1.97. The number of anilines is 1. The molecule has 1 saturated carbocycles. The van der Waals surface area contributed by atoms with Crippen molar-refractivity contribution in [1.29, 1.82) is 0 Å². The number of allylic oxidation sites excluding steroid dienone is 2. The van der Waals surface area contributed by atoms with Gasteiger partial charge in [-0.2, -0.15) is 0 Å². The number of hydrogen-bond donors (Lipinski definition) is 0. The Kier molecular flexibility index (Phi) is 5.31. The lowest BCUT2D eigenvalue weighted by Gasteiger charge is -2.46. The van der Waals surface area contributed by atoms with Gasteiger partial charge in [0.25, 0.3) is 0 Å². The van der Waals surface area contributed by atoms with E-state index >= 15 is 0 Å². The van der Waals surface area contributed by atoms with Crippen LogP contribution in [0.25, 0.3) is 27.0 Å². The maximum absolute atomic E-state index is 6.50. The van der Waals surface area contributed by atoms with Gasteiger partial charge in [0.15, 0.2) is 5.13 Å². The maximum atomic E-state index is 6.50. The summed E-state index contributed by atoms with van der Waals surface area (Å²) in [5.74, 6) is 2.26. The van der Waals surface area contributed by atoms with Crippen molar-refractivity contribution in [1.82, 2.24) is 15.1 Å². The number of thiazole rings is 1. The van der Waals surface area contributed by atoms with Crippen molar-refractivity contribution in [2.45, 2.75) is 38.0 Å². The van der Waals surface area contributed by atoms with Gasteiger partial charge in [-0.05, 0) is 55.2 Å². The van der Waals surface area contributed by atoms with Crippen molar-refractivity contribution >= 4 is 55.5 Å². The molecule has 3 aliphatic rings. The van der Waals surface area contributed by atoms with Crippen molar-refractivity contribution in [3.8, 4) is 17.0 Å². The minimum atomic E-state index is 0.210. The Bertz CT molecular complexity index is 1500. The van der Waals surface area contributed by atoms with Gasteiger partial charge in [-0.3, -0.25) is 4.98 Å². The lowest BCUT2D eigenvalue weighted by atomic mass is 9.63. The first-order valence-electron chi connectivity index (χ1n) is 12.2. The molecule has 0 unspecified atom stereocenters. The van der Waals surface area contributed by atoms with E-state index in [1.54, 1.807) is 30.8 Å². The monoisotopic (exact) mass is 538 g/mol. The molecule has 7 rings (SSSR count). The van der Waals surface area contributed by atoms with Crippen LogP contribution in [0.5, 0.6) is 5.75 Å². The minimum absolute atomic E-state index is 0.210. The number of rotatable bonds is 5. The molecule has 1 aliphatic heterocycles. The minimum Gasteiger partial charge on any atom is -0.494 e. The lowest BCUT2D eigenvalue weighted by Crippen LogP contribution is -2.42. The van der Waals surface area contributed by atoms with E-state index in [1.807, 2.05) is 12.1 Å². The van der Waals surface area contributed by atoms with E-state index in [4.69, 9.17) is 37.4 Å².